The van der Waals surface area contributed by atoms with Crippen LogP contribution in [0.5, 0.6) is 34.5 Å². The zero-order valence-corrected chi connectivity index (χ0v) is 23.2. The molecule has 0 amide bonds. The van der Waals surface area contributed by atoms with Gasteiger partial charge in [0.15, 0.2) is 23.0 Å². The van der Waals surface area contributed by atoms with Gasteiger partial charge < -0.3 is 43.2 Å². The SMILES string of the molecule is COc1ccc2[nH]c(C(=O)OC3c4cc5c(cc4C[C@H]4C(=O)OCC34)OCO5)cc2c1.COc1cccc(OC)c1O. The van der Waals surface area contributed by atoms with E-state index in [9.17, 15) is 14.7 Å². The van der Waals surface area contributed by atoms with Gasteiger partial charge in [0.05, 0.1) is 33.9 Å². The number of rotatable bonds is 5. The van der Waals surface area contributed by atoms with Crippen LogP contribution in [0.1, 0.15) is 27.7 Å². The lowest BCUT2D eigenvalue weighted by Crippen LogP contribution is -2.33. The zero-order chi connectivity index (χ0) is 29.4. The summed E-state index contributed by atoms with van der Waals surface area (Å²) in [5, 5.41) is 10.2. The van der Waals surface area contributed by atoms with Gasteiger partial charge in [-0.3, -0.25) is 4.79 Å². The number of aromatic amines is 1. The van der Waals surface area contributed by atoms with E-state index in [2.05, 4.69) is 4.98 Å². The van der Waals surface area contributed by atoms with Crippen LogP contribution in [-0.4, -0.2) is 56.8 Å². The van der Waals surface area contributed by atoms with Gasteiger partial charge in [0, 0.05) is 22.4 Å². The van der Waals surface area contributed by atoms with E-state index < -0.39 is 12.1 Å². The van der Waals surface area contributed by atoms with E-state index in [-0.39, 0.29) is 37.0 Å². The van der Waals surface area contributed by atoms with Gasteiger partial charge in [-0.15, -0.1) is 0 Å². The summed E-state index contributed by atoms with van der Waals surface area (Å²) >= 11 is 0. The number of phenols is 1. The maximum Gasteiger partial charge on any atom is 0.355 e. The highest BCUT2D eigenvalue weighted by atomic mass is 16.7. The van der Waals surface area contributed by atoms with Crippen molar-refractivity contribution in [3.05, 3.63) is 71.4 Å². The molecule has 42 heavy (non-hydrogen) atoms. The Labute approximate surface area is 240 Å². The number of phenolic OH excluding ortho intramolecular Hbond substituents is 1. The van der Waals surface area contributed by atoms with Crippen molar-refractivity contribution in [1.82, 2.24) is 4.98 Å². The number of hydrogen-bond donors (Lipinski definition) is 2. The van der Waals surface area contributed by atoms with E-state index in [4.69, 9.17) is 33.2 Å². The molecule has 0 radical (unpaired) electrons. The predicted octanol–water partition coefficient (Wildman–Crippen LogP) is 4.56. The van der Waals surface area contributed by atoms with Gasteiger partial charge in [-0.25, -0.2) is 4.79 Å². The van der Waals surface area contributed by atoms with E-state index in [1.165, 1.54) is 14.2 Å². The van der Waals surface area contributed by atoms with Crippen molar-refractivity contribution in [2.24, 2.45) is 11.8 Å². The van der Waals surface area contributed by atoms with Gasteiger partial charge in [0.1, 0.15) is 17.5 Å². The first-order valence-corrected chi connectivity index (χ1v) is 13.3. The third-order valence-corrected chi connectivity index (χ3v) is 7.69. The lowest BCUT2D eigenvalue weighted by Gasteiger charge is -2.32. The Balaban J connectivity index is 0.000000244. The molecule has 1 aromatic heterocycles. The van der Waals surface area contributed by atoms with Gasteiger partial charge in [-0.1, -0.05) is 6.07 Å². The monoisotopic (exact) mass is 575 g/mol. The number of hydrogen-bond acceptors (Lipinski definition) is 10. The molecular formula is C31H29NO10. The fourth-order valence-electron chi connectivity index (χ4n) is 5.53. The summed E-state index contributed by atoms with van der Waals surface area (Å²) in [4.78, 5) is 28.5. The van der Waals surface area contributed by atoms with Crippen molar-refractivity contribution in [3.8, 4) is 34.5 Å². The van der Waals surface area contributed by atoms with Crippen LogP contribution in [0.25, 0.3) is 10.9 Å². The van der Waals surface area contributed by atoms with E-state index in [1.807, 2.05) is 30.3 Å². The molecule has 11 nitrogen and oxygen atoms in total. The number of aromatic nitrogens is 1. The Morgan fingerprint density at radius 3 is 2.38 bits per heavy atom. The molecular weight excluding hydrogens is 546 g/mol. The molecule has 2 N–H and O–H groups in total. The average Bonchev–Trinajstić information content (AvgIpc) is 3.74. The van der Waals surface area contributed by atoms with Crippen LogP contribution >= 0.6 is 0 Å². The van der Waals surface area contributed by atoms with Crippen molar-refractivity contribution in [2.75, 3.05) is 34.7 Å². The molecule has 2 unspecified atom stereocenters. The highest BCUT2D eigenvalue weighted by Crippen LogP contribution is 2.48. The molecule has 218 valence electrons. The Morgan fingerprint density at radius 2 is 1.67 bits per heavy atom. The number of cyclic esters (lactones) is 1. The van der Waals surface area contributed by atoms with Gasteiger partial charge in [0.25, 0.3) is 0 Å². The molecule has 11 heteroatoms. The van der Waals surface area contributed by atoms with Gasteiger partial charge in [-0.05, 0) is 60.5 Å². The Kier molecular flexibility index (Phi) is 7.15. The minimum Gasteiger partial charge on any atom is -0.502 e. The standard InChI is InChI=1S/C23H19NO7.C8H10O3/c1-27-13-2-3-17-12(4-13)6-18(24-17)23(26)31-21-14-8-20-19(29-10-30-20)7-11(14)5-15-16(21)9-28-22(15)25;1-10-6-4-3-5-7(11-2)8(6)9/h2-4,6-8,15-16,21,24H,5,9-10H2,1H3;3-5,9H,1-2H3/t15-,16?,21?;/m1./s1. The molecule has 0 bridgehead atoms. The summed E-state index contributed by atoms with van der Waals surface area (Å²) in [7, 11) is 4.58. The van der Waals surface area contributed by atoms with Crippen LogP contribution in [0.2, 0.25) is 0 Å². The maximum atomic E-state index is 13.1. The second kappa shape index (κ2) is 11.1. The van der Waals surface area contributed by atoms with E-state index in [0.29, 0.717) is 40.9 Å². The number of fused-ring (bicyclic) bond motifs is 4. The second-order valence-corrected chi connectivity index (χ2v) is 9.98. The zero-order valence-electron chi connectivity index (χ0n) is 23.2. The second-order valence-electron chi connectivity index (χ2n) is 9.98. The summed E-state index contributed by atoms with van der Waals surface area (Å²) in [5.41, 5.74) is 2.87. The van der Waals surface area contributed by atoms with Crippen molar-refractivity contribution >= 4 is 22.8 Å². The minimum atomic E-state index is -0.622. The predicted molar refractivity (Wildman–Crippen MR) is 148 cm³/mol. The van der Waals surface area contributed by atoms with Crippen LogP contribution < -0.4 is 23.7 Å². The molecule has 2 aliphatic heterocycles. The number of aromatic hydroxyl groups is 1. The van der Waals surface area contributed by atoms with Crippen LogP contribution in [0.3, 0.4) is 0 Å². The van der Waals surface area contributed by atoms with Crippen molar-refractivity contribution in [1.29, 1.82) is 0 Å². The fraction of sp³-hybridized carbons (Fsp3) is 0.290. The summed E-state index contributed by atoms with van der Waals surface area (Å²) in [6.07, 6.45) is -0.0986. The molecule has 0 saturated carbocycles. The molecule has 7 rings (SSSR count). The van der Waals surface area contributed by atoms with E-state index in [0.717, 1.165) is 22.0 Å². The first-order valence-electron chi connectivity index (χ1n) is 13.3. The number of nitrogens with one attached hydrogen (secondary N) is 1. The molecule has 3 atom stereocenters. The maximum absolute atomic E-state index is 13.1. The number of esters is 2. The number of carbonyl (C=O) groups is 2. The smallest absolute Gasteiger partial charge is 0.355 e. The van der Waals surface area contributed by atoms with Gasteiger partial charge in [0.2, 0.25) is 12.5 Å². The molecule has 3 heterocycles. The Bertz CT molecular complexity index is 1640. The number of carbonyl (C=O) groups excluding carboxylic acids is 2. The van der Waals surface area contributed by atoms with Crippen molar-refractivity contribution in [3.63, 3.8) is 0 Å². The average molecular weight is 576 g/mol. The van der Waals surface area contributed by atoms with Crippen molar-refractivity contribution < 1.29 is 47.9 Å². The quantitative estimate of drug-likeness (QED) is 0.326. The van der Waals surface area contributed by atoms with Crippen LogP contribution in [0.4, 0.5) is 0 Å². The van der Waals surface area contributed by atoms with E-state index in [1.54, 1.807) is 31.4 Å². The van der Waals surface area contributed by atoms with Gasteiger partial charge in [-0.2, -0.15) is 0 Å². The highest BCUT2D eigenvalue weighted by Gasteiger charge is 2.48. The summed E-state index contributed by atoms with van der Waals surface area (Å²) in [6, 6.07) is 16.0. The third kappa shape index (κ3) is 4.87. The van der Waals surface area contributed by atoms with Crippen LogP contribution in [-0.2, 0) is 20.7 Å². The topological polar surface area (TPSA) is 135 Å². The molecule has 3 aliphatic rings. The summed E-state index contributed by atoms with van der Waals surface area (Å²) < 4.78 is 37.3. The number of H-pyrrole nitrogens is 1. The molecule has 3 aromatic carbocycles. The Hall–Kier alpha value is -5.06. The summed E-state index contributed by atoms with van der Waals surface area (Å²) in [5.74, 6) is 1.49. The first kappa shape index (κ1) is 27.1. The lowest BCUT2D eigenvalue weighted by molar-refractivity contribution is -0.141. The molecule has 4 aromatic rings. The molecule has 1 saturated heterocycles. The van der Waals surface area contributed by atoms with Crippen LogP contribution in [0.15, 0.2) is 54.6 Å². The van der Waals surface area contributed by atoms with Gasteiger partial charge >= 0.3 is 11.9 Å². The molecule has 0 spiro atoms. The first-order chi connectivity index (χ1) is 20.4. The number of benzene rings is 3. The highest BCUT2D eigenvalue weighted by molar-refractivity contribution is 5.95. The summed E-state index contributed by atoms with van der Waals surface area (Å²) in [6.45, 7) is 0.370. The minimum absolute atomic E-state index is 0.0394. The molecule has 1 aliphatic carbocycles. The Morgan fingerprint density at radius 1 is 0.929 bits per heavy atom. The normalized spacial score (nSPS) is 19.6. The number of methoxy groups -OCH3 is 3. The lowest BCUT2D eigenvalue weighted by atomic mass is 9.75. The molecule has 1 fully saturated rings. The third-order valence-electron chi connectivity index (χ3n) is 7.69. The van der Waals surface area contributed by atoms with E-state index >= 15 is 0 Å². The fourth-order valence-corrected chi connectivity index (χ4v) is 5.53. The van der Waals surface area contributed by atoms with Crippen LogP contribution in [0, 0.1) is 11.8 Å². The van der Waals surface area contributed by atoms with Crippen molar-refractivity contribution in [2.45, 2.75) is 12.5 Å². The number of ether oxygens (including phenoxy) is 7. The largest absolute Gasteiger partial charge is 0.502 e. The number of para-hydroxylation sites is 1.